The monoisotopic (exact) mass is 278 g/mol. The van der Waals surface area contributed by atoms with E-state index in [1.54, 1.807) is 0 Å². The van der Waals surface area contributed by atoms with Crippen LogP contribution in [0.15, 0.2) is 24.4 Å². The van der Waals surface area contributed by atoms with Crippen LogP contribution in [-0.4, -0.2) is 9.78 Å². The fourth-order valence-corrected chi connectivity index (χ4v) is 2.46. The van der Waals surface area contributed by atoms with Crippen LogP contribution in [0.25, 0.3) is 5.69 Å². The first-order chi connectivity index (χ1) is 7.61. The Bertz CT molecular complexity index is 494. The van der Waals surface area contributed by atoms with E-state index >= 15 is 0 Å². The fourth-order valence-electron chi connectivity index (χ4n) is 1.91. The summed E-state index contributed by atoms with van der Waals surface area (Å²) in [4.78, 5) is 0. The van der Waals surface area contributed by atoms with Gasteiger partial charge in [-0.25, -0.2) is 4.68 Å². The van der Waals surface area contributed by atoms with Gasteiger partial charge in [0.25, 0.3) is 0 Å². The van der Waals surface area contributed by atoms with Gasteiger partial charge in [0.2, 0.25) is 0 Å². The lowest BCUT2D eigenvalue weighted by Crippen LogP contribution is -2.00. The van der Waals surface area contributed by atoms with Gasteiger partial charge in [0.1, 0.15) is 0 Å². The van der Waals surface area contributed by atoms with Crippen LogP contribution in [0, 0.1) is 20.8 Å². The first-order valence-corrected chi connectivity index (χ1v) is 6.42. The molecule has 0 aliphatic rings. The summed E-state index contributed by atoms with van der Waals surface area (Å²) in [5.74, 6) is 0. The van der Waals surface area contributed by atoms with E-state index in [0.717, 1.165) is 11.0 Å². The van der Waals surface area contributed by atoms with Crippen molar-refractivity contribution in [3.63, 3.8) is 0 Å². The van der Waals surface area contributed by atoms with E-state index in [-0.39, 0.29) is 0 Å². The molecule has 0 atom stereocenters. The molecular weight excluding hydrogens is 264 g/mol. The lowest BCUT2D eigenvalue weighted by atomic mass is 10.1. The van der Waals surface area contributed by atoms with Gasteiger partial charge in [-0.2, -0.15) is 5.10 Å². The van der Waals surface area contributed by atoms with Crippen molar-refractivity contribution >= 4 is 15.9 Å². The van der Waals surface area contributed by atoms with Gasteiger partial charge < -0.3 is 0 Å². The molecule has 0 spiro atoms. The summed E-state index contributed by atoms with van der Waals surface area (Å²) in [7, 11) is 0. The van der Waals surface area contributed by atoms with E-state index < -0.39 is 0 Å². The standard InChI is InChI=1S/C13H15BrN2/c1-9-4-10(2)6-13(5-9)16-11(3)12(7-14)8-15-16/h4-6,8H,7H2,1-3H3. The van der Waals surface area contributed by atoms with E-state index in [4.69, 9.17) is 0 Å². The van der Waals surface area contributed by atoms with E-state index in [1.165, 1.54) is 22.4 Å². The predicted octanol–water partition coefficient (Wildman–Crippen LogP) is 3.69. The largest absolute Gasteiger partial charge is 0.238 e. The van der Waals surface area contributed by atoms with E-state index in [2.05, 4.69) is 60.0 Å². The predicted molar refractivity (Wildman–Crippen MR) is 70.4 cm³/mol. The molecule has 0 unspecified atom stereocenters. The number of benzene rings is 1. The average molecular weight is 279 g/mol. The zero-order valence-electron chi connectivity index (χ0n) is 9.79. The number of hydrogen-bond donors (Lipinski definition) is 0. The molecule has 0 saturated heterocycles. The SMILES string of the molecule is Cc1cc(C)cc(-n2ncc(CBr)c2C)c1. The van der Waals surface area contributed by atoms with Crippen LogP contribution >= 0.6 is 15.9 Å². The Morgan fingerprint density at radius 3 is 2.25 bits per heavy atom. The third-order valence-corrected chi connectivity index (χ3v) is 3.31. The highest BCUT2D eigenvalue weighted by atomic mass is 79.9. The molecule has 1 aromatic heterocycles. The molecule has 0 aliphatic carbocycles. The van der Waals surface area contributed by atoms with Gasteiger partial charge in [-0.1, -0.05) is 22.0 Å². The zero-order valence-corrected chi connectivity index (χ0v) is 11.4. The summed E-state index contributed by atoms with van der Waals surface area (Å²) in [5, 5.41) is 5.28. The molecule has 3 heteroatoms. The topological polar surface area (TPSA) is 17.8 Å². The van der Waals surface area contributed by atoms with Gasteiger partial charge in [-0.05, 0) is 44.0 Å². The molecule has 2 aromatic rings. The smallest absolute Gasteiger partial charge is 0.0654 e. The third-order valence-electron chi connectivity index (χ3n) is 2.71. The molecular formula is C13H15BrN2. The fraction of sp³-hybridized carbons (Fsp3) is 0.308. The van der Waals surface area contributed by atoms with Crippen LogP contribution in [0.3, 0.4) is 0 Å². The van der Waals surface area contributed by atoms with Gasteiger partial charge >= 0.3 is 0 Å². The maximum atomic E-state index is 4.43. The zero-order chi connectivity index (χ0) is 11.7. The van der Waals surface area contributed by atoms with Gasteiger partial charge in [0, 0.05) is 16.6 Å². The second kappa shape index (κ2) is 4.42. The minimum Gasteiger partial charge on any atom is -0.238 e. The number of hydrogen-bond acceptors (Lipinski definition) is 1. The van der Waals surface area contributed by atoms with Crippen LogP contribution in [0.4, 0.5) is 0 Å². The summed E-state index contributed by atoms with van der Waals surface area (Å²) in [6, 6.07) is 6.49. The maximum absolute atomic E-state index is 4.43. The first kappa shape index (κ1) is 11.4. The summed E-state index contributed by atoms with van der Waals surface area (Å²) >= 11 is 3.47. The number of rotatable bonds is 2. The van der Waals surface area contributed by atoms with E-state index in [0.29, 0.717) is 0 Å². The van der Waals surface area contributed by atoms with Crippen LogP contribution < -0.4 is 0 Å². The molecule has 2 nitrogen and oxygen atoms in total. The Kier molecular flexibility index (Phi) is 3.15. The number of nitrogens with zero attached hydrogens (tertiary/aromatic N) is 2. The lowest BCUT2D eigenvalue weighted by Gasteiger charge is -2.07. The van der Waals surface area contributed by atoms with Crippen molar-refractivity contribution in [2.24, 2.45) is 0 Å². The molecule has 1 aromatic carbocycles. The summed E-state index contributed by atoms with van der Waals surface area (Å²) in [6.45, 7) is 6.32. The highest BCUT2D eigenvalue weighted by Crippen LogP contribution is 2.18. The number of aryl methyl sites for hydroxylation is 2. The first-order valence-electron chi connectivity index (χ1n) is 5.30. The average Bonchev–Trinajstić information content (AvgIpc) is 2.58. The molecule has 0 amide bonds. The van der Waals surface area contributed by atoms with Crippen LogP contribution in [0.2, 0.25) is 0 Å². The van der Waals surface area contributed by atoms with Crippen LogP contribution in [-0.2, 0) is 5.33 Å². The van der Waals surface area contributed by atoms with Crippen LogP contribution in [0.5, 0.6) is 0 Å². The van der Waals surface area contributed by atoms with Crippen LogP contribution in [0.1, 0.15) is 22.4 Å². The Morgan fingerprint density at radius 1 is 1.12 bits per heavy atom. The number of aromatic nitrogens is 2. The molecule has 2 rings (SSSR count). The minimum atomic E-state index is 0.851. The van der Waals surface area contributed by atoms with Crippen molar-refractivity contribution in [2.45, 2.75) is 26.1 Å². The second-order valence-electron chi connectivity index (χ2n) is 4.15. The molecule has 0 bridgehead atoms. The van der Waals surface area contributed by atoms with Crippen molar-refractivity contribution in [1.82, 2.24) is 9.78 Å². The maximum Gasteiger partial charge on any atom is 0.0654 e. The molecule has 0 aliphatic heterocycles. The molecule has 0 fully saturated rings. The molecule has 0 N–H and O–H groups in total. The van der Waals surface area contributed by atoms with Crippen molar-refractivity contribution in [1.29, 1.82) is 0 Å². The Morgan fingerprint density at radius 2 is 1.75 bits per heavy atom. The Labute approximate surface area is 104 Å². The highest BCUT2D eigenvalue weighted by molar-refractivity contribution is 9.08. The van der Waals surface area contributed by atoms with E-state index in [9.17, 15) is 0 Å². The second-order valence-corrected chi connectivity index (χ2v) is 4.71. The number of alkyl halides is 1. The molecule has 16 heavy (non-hydrogen) atoms. The van der Waals surface area contributed by atoms with Crippen molar-refractivity contribution in [3.8, 4) is 5.69 Å². The summed E-state index contributed by atoms with van der Waals surface area (Å²) in [5.41, 5.74) is 6.11. The van der Waals surface area contributed by atoms with E-state index in [1.807, 2.05) is 10.9 Å². The quantitative estimate of drug-likeness (QED) is 0.766. The summed E-state index contributed by atoms with van der Waals surface area (Å²) < 4.78 is 2.00. The molecule has 0 saturated carbocycles. The van der Waals surface area contributed by atoms with Gasteiger partial charge in [-0.15, -0.1) is 0 Å². The van der Waals surface area contributed by atoms with Crippen molar-refractivity contribution in [2.75, 3.05) is 0 Å². The summed E-state index contributed by atoms with van der Waals surface area (Å²) in [6.07, 6.45) is 1.92. The minimum absolute atomic E-state index is 0.851. The van der Waals surface area contributed by atoms with Crippen molar-refractivity contribution < 1.29 is 0 Å². The lowest BCUT2D eigenvalue weighted by molar-refractivity contribution is 0.843. The molecule has 0 radical (unpaired) electrons. The van der Waals surface area contributed by atoms with Gasteiger partial charge in [-0.3, -0.25) is 0 Å². The Hall–Kier alpha value is -1.09. The Balaban J connectivity index is 2.54. The van der Waals surface area contributed by atoms with Gasteiger partial charge in [0.15, 0.2) is 0 Å². The van der Waals surface area contributed by atoms with Crippen molar-refractivity contribution in [3.05, 3.63) is 46.8 Å². The highest BCUT2D eigenvalue weighted by Gasteiger charge is 2.07. The van der Waals surface area contributed by atoms with Gasteiger partial charge in [0.05, 0.1) is 11.9 Å². The molecule has 84 valence electrons. The molecule has 1 heterocycles. The third kappa shape index (κ3) is 2.05. The normalized spacial score (nSPS) is 10.8. The number of halogens is 1.